The van der Waals surface area contributed by atoms with Gasteiger partial charge in [0.2, 0.25) is 11.8 Å². The fraction of sp³-hybridized carbons (Fsp3) is 0.420. The molecule has 0 bridgehead atoms. The molecule has 0 fully saturated rings. The van der Waals surface area contributed by atoms with E-state index in [2.05, 4.69) is 73.4 Å². The maximum Gasteiger partial charge on any atom is 0.419 e. The van der Waals surface area contributed by atoms with Gasteiger partial charge in [0.15, 0.2) is 0 Å². The molecular weight excluding hydrogens is 1240 g/mol. The Balaban J connectivity index is 1.11. The number of nitrogens with one attached hydrogen (secondary N) is 5. The van der Waals surface area contributed by atoms with Crippen molar-refractivity contribution in [3.63, 3.8) is 0 Å². The van der Waals surface area contributed by atoms with Crippen molar-refractivity contribution in [1.29, 1.82) is 0 Å². The number of nitrogens with zero attached hydrogens (tertiary/aromatic N) is 3. The lowest BCUT2D eigenvalue weighted by Crippen LogP contribution is -2.56. The molecule has 20 nitrogen and oxygen atoms in total. The number of likely N-dealkylation sites (N-methyl/N-ethyl adjacent to an activating group) is 1. The van der Waals surface area contributed by atoms with E-state index in [1.165, 1.54) is 34.4 Å². The van der Waals surface area contributed by atoms with E-state index < -0.39 is 77.1 Å². The van der Waals surface area contributed by atoms with E-state index in [9.17, 15) is 24.0 Å². The molecule has 5 amide bonds. The number of para-hydroxylation sites is 1. The molecule has 2 aromatic heterocycles. The number of hydrogen-bond acceptors (Lipinski definition) is 15. The van der Waals surface area contributed by atoms with Gasteiger partial charge >= 0.3 is 30.3 Å². The van der Waals surface area contributed by atoms with E-state index in [-0.39, 0.29) is 64.6 Å². The number of fused-ring (bicyclic) bond motifs is 4. The van der Waals surface area contributed by atoms with E-state index in [1.54, 1.807) is 99.0 Å². The van der Waals surface area contributed by atoms with Crippen LogP contribution in [0.5, 0.6) is 0 Å². The van der Waals surface area contributed by atoms with E-state index >= 15 is 9.59 Å². The Bertz CT molecular complexity index is 3510. The van der Waals surface area contributed by atoms with E-state index in [0.29, 0.717) is 40.8 Å². The van der Waals surface area contributed by atoms with Crippen LogP contribution in [-0.2, 0) is 57.6 Å². The lowest BCUT2D eigenvalue weighted by Gasteiger charge is -2.31. The Labute approximate surface area is 545 Å². The summed E-state index contributed by atoms with van der Waals surface area (Å²) in [7, 11) is 1.46. The Morgan fingerprint density at radius 1 is 0.681 bits per heavy atom. The highest BCUT2D eigenvalue weighted by Crippen LogP contribution is 2.44. The van der Waals surface area contributed by atoms with Crippen molar-refractivity contribution >= 4 is 80.8 Å². The molecule has 7 rings (SSSR count). The van der Waals surface area contributed by atoms with E-state index in [1.807, 2.05) is 54.6 Å². The first-order chi connectivity index (χ1) is 43.2. The summed E-state index contributed by atoms with van der Waals surface area (Å²) in [5, 5.41) is 16.2. The number of carbonyl (C=O) groups excluding carboxylic acids is 7. The Kier molecular flexibility index (Phi) is 24.8. The molecule has 4 aromatic carbocycles. The summed E-state index contributed by atoms with van der Waals surface area (Å²) in [6, 6.07) is 29.4. The highest BCUT2D eigenvalue weighted by Gasteiger charge is 2.36. The number of halogens is 1. The quantitative estimate of drug-likeness (QED) is 0.0139. The van der Waals surface area contributed by atoms with Crippen LogP contribution in [0.1, 0.15) is 128 Å². The van der Waals surface area contributed by atoms with Gasteiger partial charge in [0.1, 0.15) is 47.1 Å². The number of rotatable bonds is 27. The molecule has 1 aliphatic carbocycles. The van der Waals surface area contributed by atoms with Gasteiger partial charge in [0.25, 0.3) is 0 Å². The highest BCUT2D eigenvalue weighted by atomic mass is 79.9. The van der Waals surface area contributed by atoms with Gasteiger partial charge in [-0.1, -0.05) is 119 Å². The molecule has 3 atom stereocenters. The third-order valence-corrected chi connectivity index (χ3v) is 16.4. The number of carbonyl (C=O) groups is 7. The van der Waals surface area contributed by atoms with Crippen LogP contribution in [0.3, 0.4) is 0 Å². The van der Waals surface area contributed by atoms with Gasteiger partial charge in [-0.15, -0.1) is 0 Å². The number of benzene rings is 4. The molecule has 0 radical (unpaired) electrons. The fourth-order valence-corrected chi connectivity index (χ4v) is 12.0. The SMILES string of the molecule is C=CCOC(=O)C(Cc1cn(C(=O)OC(C)(C)C)c2ccccc12)N(C)C(=O)C(CCCCNC(=O)OC(C)(C)C)NC(=O)C(CCCNC(=O)OC(C)(C)C)NCc1cccnc1Sc1cccc(Br)c1CNC(=O)OCC1c2ccccc2-c2ccccc21. The normalized spacial score (nSPS) is 13.1. The van der Waals surface area contributed by atoms with Gasteiger partial charge in [-0.3, -0.25) is 14.2 Å². The molecule has 0 saturated heterocycles. The Hall–Kier alpha value is -8.21. The molecule has 1 aliphatic rings. The van der Waals surface area contributed by atoms with Gasteiger partial charge < -0.3 is 55.2 Å². The summed E-state index contributed by atoms with van der Waals surface area (Å²) >= 11 is 5.08. The lowest BCUT2D eigenvalue weighted by atomic mass is 9.98. The Morgan fingerprint density at radius 2 is 1.30 bits per heavy atom. The minimum atomic E-state index is -1.26. The second-order valence-electron chi connectivity index (χ2n) is 25.1. The topological polar surface area (TPSA) is 247 Å². The van der Waals surface area contributed by atoms with E-state index in [0.717, 1.165) is 42.7 Å². The van der Waals surface area contributed by atoms with Gasteiger partial charge in [-0.05, 0) is 158 Å². The summed E-state index contributed by atoms with van der Waals surface area (Å²) in [6.45, 7) is 20.1. The fourth-order valence-electron chi connectivity index (χ4n) is 10.3. The van der Waals surface area contributed by atoms with Crippen LogP contribution in [0, 0.1) is 0 Å². The van der Waals surface area contributed by atoms with Gasteiger partial charge in [0.05, 0.1) is 11.6 Å². The zero-order chi connectivity index (χ0) is 66.0. The molecule has 22 heteroatoms. The smallest absolute Gasteiger partial charge is 0.419 e. The largest absolute Gasteiger partial charge is 0.460 e. The first-order valence-corrected chi connectivity index (χ1v) is 32.1. The van der Waals surface area contributed by atoms with Crippen molar-refractivity contribution in [1.82, 2.24) is 41.0 Å². The molecular formula is C69H85BrN8O12S. The average molecular weight is 1330 g/mol. The van der Waals surface area contributed by atoms with Crippen molar-refractivity contribution in [2.45, 2.75) is 165 Å². The second-order valence-corrected chi connectivity index (χ2v) is 26.9. The standard InChI is InChI=1S/C69H85BrN8O12S/c1-12-38-86-62(81)57(39-45-42-78(66(85)90-69(8,9)10)56-33-18-17-25-46(45)56)77(11)61(80)55(31-19-20-35-72-64(83)88-67(2,3)4)76-59(79)54(32-23-37-73-65(84)89-68(5,6)7)74-40-44-24-22-36-71-60(44)91-58-34-21-30-53(70)51(58)41-75-63(82)87-43-52-49-28-15-13-26-47(49)48-27-14-16-29-50(48)52/h12-18,21-22,24-30,33-34,36,42,52,54-55,57,74H,1,19-20,23,31-32,35,37-41,43H2,2-11H3,(H,72,83)(H,73,84)(H,75,82)(H,76,79). The number of esters is 1. The summed E-state index contributed by atoms with van der Waals surface area (Å²) < 4.78 is 30.3. The first kappa shape index (κ1) is 70.3. The monoisotopic (exact) mass is 1330 g/mol. The maximum absolute atomic E-state index is 15.2. The number of hydrogen-bond donors (Lipinski definition) is 5. The van der Waals surface area contributed by atoms with Crippen LogP contribution in [0.4, 0.5) is 19.2 Å². The molecule has 2 heterocycles. The molecule has 3 unspecified atom stereocenters. The zero-order valence-corrected chi connectivity index (χ0v) is 56.0. The number of alkyl carbamates (subject to hydrolysis) is 3. The molecule has 6 aromatic rings. The molecule has 486 valence electrons. The predicted octanol–water partition coefficient (Wildman–Crippen LogP) is 12.5. The second kappa shape index (κ2) is 32.2. The van der Waals surface area contributed by atoms with Crippen LogP contribution in [-0.4, -0.2) is 125 Å². The van der Waals surface area contributed by atoms with Crippen molar-refractivity contribution in [3.05, 3.63) is 160 Å². The number of pyridine rings is 1. The van der Waals surface area contributed by atoms with Crippen LogP contribution in [0.25, 0.3) is 22.0 Å². The van der Waals surface area contributed by atoms with E-state index in [4.69, 9.17) is 28.7 Å². The summed E-state index contributed by atoms with van der Waals surface area (Å²) in [5.74, 6) is -2.02. The van der Waals surface area contributed by atoms with Gasteiger partial charge in [0, 0.05) is 72.7 Å². The molecule has 0 aliphatic heterocycles. The third-order valence-electron chi connectivity index (χ3n) is 14.5. The van der Waals surface area contributed by atoms with Crippen molar-refractivity contribution in [2.75, 3.05) is 33.4 Å². The van der Waals surface area contributed by atoms with Crippen molar-refractivity contribution < 1.29 is 57.2 Å². The number of ether oxygens (including phenoxy) is 5. The number of aromatic nitrogens is 2. The van der Waals surface area contributed by atoms with Gasteiger partial charge in [-0.2, -0.15) is 0 Å². The predicted molar refractivity (Wildman–Crippen MR) is 354 cm³/mol. The third kappa shape index (κ3) is 20.7. The molecule has 0 spiro atoms. The maximum atomic E-state index is 15.2. The van der Waals surface area contributed by atoms with Crippen LogP contribution >= 0.6 is 27.7 Å². The zero-order valence-electron chi connectivity index (χ0n) is 53.6. The van der Waals surface area contributed by atoms with Crippen LogP contribution < -0.4 is 26.6 Å². The van der Waals surface area contributed by atoms with Crippen molar-refractivity contribution in [3.8, 4) is 11.1 Å². The molecule has 0 saturated carbocycles. The number of unbranched alkanes of at least 4 members (excludes halogenated alkanes) is 1. The van der Waals surface area contributed by atoms with Crippen molar-refractivity contribution in [2.24, 2.45) is 0 Å². The molecule has 5 N–H and O–H groups in total. The first-order valence-electron chi connectivity index (χ1n) is 30.5. The Morgan fingerprint density at radius 3 is 1.95 bits per heavy atom. The average Bonchev–Trinajstić information content (AvgIpc) is 1.69. The summed E-state index contributed by atoms with van der Waals surface area (Å²) in [4.78, 5) is 104. The minimum absolute atomic E-state index is 0.0821. The molecule has 91 heavy (non-hydrogen) atoms. The lowest BCUT2D eigenvalue weighted by molar-refractivity contribution is -0.154. The highest BCUT2D eigenvalue weighted by molar-refractivity contribution is 9.10. The van der Waals surface area contributed by atoms with Crippen LogP contribution in [0.15, 0.2) is 143 Å². The number of amides is 5. The minimum Gasteiger partial charge on any atom is -0.460 e. The summed E-state index contributed by atoms with van der Waals surface area (Å²) in [6.07, 6.45) is 3.44. The van der Waals surface area contributed by atoms with Gasteiger partial charge in [-0.25, -0.2) is 29.0 Å². The van der Waals surface area contributed by atoms with Crippen LogP contribution in [0.2, 0.25) is 0 Å². The summed E-state index contributed by atoms with van der Waals surface area (Å²) in [5.41, 5.74) is 4.78.